The van der Waals surface area contributed by atoms with E-state index in [2.05, 4.69) is 30.7 Å². The quantitative estimate of drug-likeness (QED) is 0.730. The first-order valence-electron chi connectivity index (χ1n) is 7.97. The largest absolute Gasteiger partial charge is 0.474 e. The first-order chi connectivity index (χ1) is 12.2. The summed E-state index contributed by atoms with van der Waals surface area (Å²) in [5.41, 5.74) is 1.74. The second-order valence-corrected chi connectivity index (χ2v) is 5.54. The Morgan fingerprint density at radius 1 is 1.20 bits per heavy atom. The number of nitrogens with zero attached hydrogens (tertiary/aromatic N) is 5. The van der Waals surface area contributed by atoms with Crippen molar-refractivity contribution in [2.24, 2.45) is 0 Å². The Morgan fingerprint density at radius 3 is 2.80 bits per heavy atom. The first kappa shape index (κ1) is 16.7. The van der Waals surface area contributed by atoms with Crippen LogP contribution in [-0.2, 0) is 0 Å². The van der Waals surface area contributed by atoms with E-state index in [0.717, 1.165) is 11.1 Å². The molecule has 0 aliphatic rings. The Bertz CT molecular complexity index is 863. The molecule has 0 fully saturated rings. The number of benzene rings is 1. The summed E-state index contributed by atoms with van der Waals surface area (Å²) in [6, 6.07) is 7.27. The van der Waals surface area contributed by atoms with Crippen LogP contribution in [0.25, 0.3) is 10.9 Å². The Kier molecular flexibility index (Phi) is 5.08. The van der Waals surface area contributed by atoms with Crippen LogP contribution in [0, 0.1) is 6.92 Å². The van der Waals surface area contributed by atoms with E-state index >= 15 is 0 Å². The van der Waals surface area contributed by atoms with Crippen LogP contribution in [0.4, 0.5) is 0 Å². The molecular weight excluding hydrogens is 320 g/mol. The van der Waals surface area contributed by atoms with E-state index in [0.29, 0.717) is 17.8 Å². The highest BCUT2D eigenvalue weighted by Crippen LogP contribution is 2.19. The van der Waals surface area contributed by atoms with E-state index in [9.17, 15) is 4.79 Å². The highest BCUT2D eigenvalue weighted by Gasteiger charge is 2.15. The highest BCUT2D eigenvalue weighted by atomic mass is 16.5. The topological polar surface area (TPSA) is 103 Å². The molecule has 3 aromatic rings. The molecule has 1 unspecified atom stereocenters. The number of fused-ring (bicyclic) bond motifs is 1. The minimum absolute atomic E-state index is 0.190. The Hall–Kier alpha value is -3.16. The van der Waals surface area contributed by atoms with Crippen LogP contribution >= 0.6 is 0 Å². The lowest BCUT2D eigenvalue weighted by molar-refractivity contribution is 0.0913. The number of aromatic nitrogens is 5. The molecule has 25 heavy (non-hydrogen) atoms. The van der Waals surface area contributed by atoms with Crippen molar-refractivity contribution in [3.05, 3.63) is 48.0 Å². The molecule has 8 nitrogen and oxygen atoms in total. The van der Waals surface area contributed by atoms with Crippen LogP contribution in [0.1, 0.15) is 29.5 Å². The summed E-state index contributed by atoms with van der Waals surface area (Å²) in [5.74, 6) is 0.113. The lowest BCUT2D eigenvalue weighted by atomic mass is 10.2. The molecular formula is C17H18N6O2. The van der Waals surface area contributed by atoms with Gasteiger partial charge < -0.3 is 10.1 Å². The van der Waals surface area contributed by atoms with Gasteiger partial charge in [-0.25, -0.2) is 4.98 Å². The molecule has 3 rings (SSSR count). The summed E-state index contributed by atoms with van der Waals surface area (Å²) in [5, 5.41) is 15.3. The van der Waals surface area contributed by atoms with E-state index < -0.39 is 0 Å². The van der Waals surface area contributed by atoms with E-state index in [1.807, 2.05) is 38.1 Å². The number of ether oxygens (including phenoxy) is 1. The van der Waals surface area contributed by atoms with Crippen molar-refractivity contribution < 1.29 is 9.53 Å². The summed E-state index contributed by atoms with van der Waals surface area (Å²) in [4.78, 5) is 20.4. The maximum atomic E-state index is 12.2. The number of aryl methyl sites for hydroxylation is 1. The van der Waals surface area contributed by atoms with Crippen molar-refractivity contribution >= 4 is 16.8 Å². The number of hydrogen-bond acceptors (Lipinski definition) is 7. The SMILES string of the molecule is CCC(COc1nnnc2ccccc12)NC(=O)c1cnc(C)cn1. The molecule has 1 N–H and O–H groups in total. The summed E-state index contributed by atoms with van der Waals surface area (Å²) >= 11 is 0. The lowest BCUT2D eigenvalue weighted by Crippen LogP contribution is -2.39. The standard InChI is InChI=1S/C17H18N6O2/c1-3-12(20-16(24)15-9-18-11(2)8-19-15)10-25-17-13-6-4-5-7-14(13)21-23-22-17/h4-9,12H,3,10H2,1-2H3,(H,20,24). The van der Waals surface area contributed by atoms with Crippen LogP contribution in [0.2, 0.25) is 0 Å². The van der Waals surface area contributed by atoms with Crippen molar-refractivity contribution in [3.63, 3.8) is 0 Å². The second-order valence-electron chi connectivity index (χ2n) is 5.54. The molecule has 0 radical (unpaired) electrons. The van der Waals surface area contributed by atoms with Gasteiger partial charge in [-0.05, 0) is 30.7 Å². The molecule has 0 saturated heterocycles. The summed E-state index contributed by atoms with van der Waals surface area (Å²) in [7, 11) is 0. The minimum atomic E-state index is -0.284. The van der Waals surface area contributed by atoms with Crippen molar-refractivity contribution in [1.29, 1.82) is 0 Å². The first-order valence-corrected chi connectivity index (χ1v) is 7.97. The van der Waals surface area contributed by atoms with Gasteiger partial charge in [-0.3, -0.25) is 9.78 Å². The molecule has 8 heteroatoms. The summed E-state index contributed by atoms with van der Waals surface area (Å²) < 4.78 is 5.76. The third-order valence-electron chi connectivity index (χ3n) is 3.69. The lowest BCUT2D eigenvalue weighted by Gasteiger charge is -2.17. The van der Waals surface area contributed by atoms with Crippen molar-refractivity contribution in [2.45, 2.75) is 26.3 Å². The van der Waals surface area contributed by atoms with Gasteiger partial charge in [0.2, 0.25) is 5.88 Å². The van der Waals surface area contributed by atoms with Gasteiger partial charge in [0.05, 0.1) is 23.3 Å². The normalized spacial score (nSPS) is 11.9. The zero-order valence-electron chi connectivity index (χ0n) is 14.0. The number of nitrogens with one attached hydrogen (secondary N) is 1. The fourth-order valence-corrected chi connectivity index (χ4v) is 2.22. The van der Waals surface area contributed by atoms with Crippen molar-refractivity contribution in [3.8, 4) is 5.88 Å². The number of carbonyl (C=O) groups is 1. The Morgan fingerprint density at radius 2 is 2.04 bits per heavy atom. The molecule has 0 spiro atoms. The third kappa shape index (κ3) is 4.03. The molecule has 128 valence electrons. The van der Waals surface area contributed by atoms with E-state index in [-0.39, 0.29) is 24.2 Å². The van der Waals surface area contributed by atoms with Gasteiger partial charge in [-0.2, -0.15) is 0 Å². The predicted octanol–water partition coefficient (Wildman–Crippen LogP) is 1.71. The minimum Gasteiger partial charge on any atom is -0.474 e. The predicted molar refractivity (Wildman–Crippen MR) is 91.1 cm³/mol. The van der Waals surface area contributed by atoms with Gasteiger partial charge in [0.15, 0.2) is 0 Å². The maximum absolute atomic E-state index is 12.2. The van der Waals surface area contributed by atoms with Gasteiger partial charge in [0.1, 0.15) is 17.8 Å². The van der Waals surface area contributed by atoms with Crippen LogP contribution in [0.15, 0.2) is 36.7 Å². The molecule has 0 saturated carbocycles. The van der Waals surface area contributed by atoms with E-state index in [1.165, 1.54) is 6.20 Å². The average Bonchev–Trinajstić information content (AvgIpc) is 2.65. The molecule has 1 amide bonds. The third-order valence-corrected chi connectivity index (χ3v) is 3.69. The fraction of sp³-hybridized carbons (Fsp3) is 0.294. The summed E-state index contributed by atoms with van der Waals surface area (Å²) in [6.07, 6.45) is 3.71. The van der Waals surface area contributed by atoms with E-state index in [4.69, 9.17) is 4.74 Å². The van der Waals surface area contributed by atoms with Gasteiger partial charge >= 0.3 is 0 Å². The van der Waals surface area contributed by atoms with Crippen molar-refractivity contribution in [1.82, 2.24) is 30.7 Å². The average molecular weight is 338 g/mol. The van der Waals surface area contributed by atoms with Crippen LogP contribution in [-0.4, -0.2) is 43.9 Å². The van der Waals surface area contributed by atoms with Crippen LogP contribution < -0.4 is 10.1 Å². The molecule has 0 aliphatic carbocycles. The zero-order chi connectivity index (χ0) is 17.6. The van der Waals surface area contributed by atoms with E-state index in [1.54, 1.807) is 6.20 Å². The smallest absolute Gasteiger partial charge is 0.271 e. The second kappa shape index (κ2) is 7.61. The van der Waals surface area contributed by atoms with Crippen LogP contribution in [0.5, 0.6) is 5.88 Å². The molecule has 2 aromatic heterocycles. The molecule has 1 aromatic carbocycles. The molecule has 0 bridgehead atoms. The highest BCUT2D eigenvalue weighted by molar-refractivity contribution is 5.92. The number of amides is 1. The summed E-state index contributed by atoms with van der Waals surface area (Å²) in [6.45, 7) is 4.05. The number of carbonyl (C=O) groups excluding carboxylic acids is 1. The maximum Gasteiger partial charge on any atom is 0.271 e. The molecule has 0 aliphatic heterocycles. The number of hydrogen-bond donors (Lipinski definition) is 1. The zero-order valence-corrected chi connectivity index (χ0v) is 14.0. The van der Waals surface area contributed by atoms with Crippen LogP contribution in [0.3, 0.4) is 0 Å². The van der Waals surface area contributed by atoms with Gasteiger partial charge in [-0.15, -0.1) is 5.10 Å². The van der Waals surface area contributed by atoms with Gasteiger partial charge in [0, 0.05) is 6.20 Å². The molecule has 2 heterocycles. The molecule has 1 atom stereocenters. The fourth-order valence-electron chi connectivity index (χ4n) is 2.22. The monoisotopic (exact) mass is 338 g/mol. The Balaban J connectivity index is 1.66. The Labute approximate surface area is 144 Å². The van der Waals surface area contributed by atoms with Gasteiger partial charge in [0.25, 0.3) is 5.91 Å². The van der Waals surface area contributed by atoms with Crippen molar-refractivity contribution in [2.75, 3.05) is 6.61 Å². The van der Waals surface area contributed by atoms with Gasteiger partial charge in [-0.1, -0.05) is 24.2 Å². The number of rotatable bonds is 6.